The maximum absolute atomic E-state index is 13.9. The maximum Gasteiger partial charge on any atom is 0.305 e. The van der Waals surface area contributed by atoms with Gasteiger partial charge in [-0.15, -0.1) is 0 Å². The third-order valence-electron chi connectivity index (χ3n) is 9.00. The number of hydrogen-bond donors (Lipinski definition) is 13. The minimum absolute atomic E-state index is 0.00581. The maximum atomic E-state index is 13.9. The average Bonchev–Trinajstić information content (AvgIpc) is 3.15. The molecule has 0 saturated carbocycles. The van der Waals surface area contributed by atoms with Crippen LogP contribution in [0.2, 0.25) is 0 Å². The van der Waals surface area contributed by atoms with Gasteiger partial charge < -0.3 is 74.3 Å². The Morgan fingerprint density at radius 1 is 0.786 bits per heavy atom. The molecule has 0 bridgehead atoms. The van der Waals surface area contributed by atoms with Crippen molar-refractivity contribution in [2.45, 2.75) is 99.6 Å². The molecule has 3 unspecified atom stereocenters. The van der Waals surface area contributed by atoms with Gasteiger partial charge in [0.25, 0.3) is 5.91 Å². The minimum atomic E-state index is -1.73. The van der Waals surface area contributed by atoms with Gasteiger partial charge in [0.05, 0.1) is 19.1 Å². The molecular formula is C34H52N10O12. The topological polar surface area (TPSA) is 372 Å². The Balaban J connectivity index is 1.84. The molecule has 2 heterocycles. The van der Waals surface area contributed by atoms with Crippen LogP contribution in [-0.2, 0) is 44.7 Å². The predicted octanol–water partition coefficient (Wildman–Crippen LogP) is -6.08. The fraction of sp³-hybridized carbons (Fsp3) is 0.588. The molecule has 56 heavy (non-hydrogen) atoms. The number of nitrogens with zero attached hydrogens (tertiary/aromatic N) is 1. The van der Waals surface area contributed by atoms with Gasteiger partial charge in [0.2, 0.25) is 29.5 Å². The minimum Gasteiger partial charge on any atom is -0.481 e. The van der Waals surface area contributed by atoms with Crippen molar-refractivity contribution in [2.75, 3.05) is 26.2 Å². The van der Waals surface area contributed by atoms with Gasteiger partial charge in [0.1, 0.15) is 42.5 Å². The number of nitrogens with one attached hydrogen (secondary N) is 6. The molecule has 0 aromatic heterocycles. The van der Waals surface area contributed by atoms with E-state index in [0.717, 1.165) is 0 Å². The number of aliphatic hydroxyl groups is 3. The second-order valence-electron chi connectivity index (χ2n) is 13.3. The summed E-state index contributed by atoms with van der Waals surface area (Å²) in [7, 11) is 0. The molecule has 2 aliphatic heterocycles. The van der Waals surface area contributed by atoms with Crippen LogP contribution in [0.15, 0.2) is 35.3 Å². The Morgan fingerprint density at radius 3 is 2.04 bits per heavy atom. The van der Waals surface area contributed by atoms with E-state index in [1.54, 1.807) is 30.3 Å². The van der Waals surface area contributed by atoms with Crippen LogP contribution in [0.25, 0.3) is 0 Å². The standard InChI is InChI=1S/C34H52N10O12/c35-15-22-25(48)26(49)27(50)28(56-22)33(55)38-11-5-4-9-19-30(52)42-18(10-6-12-39-34(36)37)29(51)40-16-23(45)41-21(14-24(46)47)32(54)44-20(31(53)43-19)13-17-7-2-1-3-8-17/h1-3,7-8,18-22,25-28,48-50H,4-6,9-16,35H2,(H,38,55)(H,40,51)(H,41,45)(H,42,52)(H,43,53)(H,44,54)(H,46,47)(H4,36,37,39)/t18-,19-,20+,21-,22+,25?,26?,27-,28?/m0/s1. The third kappa shape index (κ3) is 14.0. The highest BCUT2D eigenvalue weighted by atomic mass is 16.5. The molecule has 1 aromatic rings. The number of guanidine groups is 1. The quantitative estimate of drug-likeness (QED) is 0.0447. The summed E-state index contributed by atoms with van der Waals surface area (Å²) in [5.41, 5.74) is 16.9. The molecule has 2 saturated heterocycles. The number of carbonyl (C=O) groups excluding carboxylic acids is 6. The first-order valence-corrected chi connectivity index (χ1v) is 18.1. The van der Waals surface area contributed by atoms with Gasteiger partial charge in [-0.05, 0) is 37.7 Å². The summed E-state index contributed by atoms with van der Waals surface area (Å²) in [5.74, 6) is -6.75. The lowest BCUT2D eigenvalue weighted by Gasteiger charge is -2.39. The van der Waals surface area contributed by atoms with Gasteiger partial charge in [0.15, 0.2) is 12.1 Å². The Kier molecular flexibility index (Phi) is 17.8. The smallest absolute Gasteiger partial charge is 0.305 e. The highest BCUT2D eigenvalue weighted by Gasteiger charge is 2.46. The second kappa shape index (κ2) is 22.2. The van der Waals surface area contributed by atoms with Crippen molar-refractivity contribution in [3.8, 4) is 0 Å². The van der Waals surface area contributed by atoms with Gasteiger partial charge in [-0.1, -0.05) is 30.3 Å². The van der Waals surface area contributed by atoms with E-state index in [2.05, 4.69) is 36.9 Å². The lowest BCUT2D eigenvalue weighted by molar-refractivity contribution is -0.217. The molecule has 2 aliphatic rings. The number of nitrogens with two attached hydrogens (primary N) is 3. The van der Waals surface area contributed by atoms with E-state index >= 15 is 0 Å². The van der Waals surface area contributed by atoms with Gasteiger partial charge in [-0.3, -0.25) is 38.6 Å². The van der Waals surface area contributed by atoms with Crippen molar-refractivity contribution < 1.29 is 58.7 Å². The molecule has 16 N–H and O–H groups in total. The van der Waals surface area contributed by atoms with Gasteiger partial charge in [-0.25, -0.2) is 0 Å². The first-order valence-electron chi connectivity index (χ1n) is 18.1. The fourth-order valence-electron chi connectivity index (χ4n) is 5.98. The molecule has 0 radical (unpaired) electrons. The van der Waals surface area contributed by atoms with E-state index in [0.29, 0.717) is 5.56 Å². The Hall–Kier alpha value is -5.42. The van der Waals surface area contributed by atoms with E-state index in [9.17, 15) is 54.0 Å². The van der Waals surface area contributed by atoms with Crippen molar-refractivity contribution in [3.05, 3.63) is 35.9 Å². The van der Waals surface area contributed by atoms with Crippen LogP contribution in [0.1, 0.15) is 44.1 Å². The van der Waals surface area contributed by atoms with Gasteiger partial charge in [-0.2, -0.15) is 0 Å². The number of rotatable bonds is 15. The number of aliphatic carboxylic acids is 1. The van der Waals surface area contributed by atoms with Crippen LogP contribution in [0.3, 0.4) is 0 Å². The first kappa shape index (κ1) is 45.0. The van der Waals surface area contributed by atoms with Gasteiger partial charge >= 0.3 is 5.97 Å². The van der Waals surface area contributed by atoms with Crippen molar-refractivity contribution in [1.29, 1.82) is 0 Å². The van der Waals surface area contributed by atoms with E-state index in [1.165, 1.54) is 0 Å². The molecule has 0 aliphatic carbocycles. The zero-order valence-electron chi connectivity index (χ0n) is 30.6. The number of hydrogen-bond acceptors (Lipinski definition) is 13. The summed E-state index contributed by atoms with van der Waals surface area (Å²) in [6, 6.07) is 2.94. The number of carbonyl (C=O) groups is 7. The van der Waals surface area contributed by atoms with E-state index in [1.807, 2.05) is 0 Å². The van der Waals surface area contributed by atoms with E-state index < -0.39 is 109 Å². The largest absolute Gasteiger partial charge is 0.481 e. The Morgan fingerprint density at radius 2 is 1.39 bits per heavy atom. The first-order chi connectivity index (χ1) is 26.6. The number of unbranched alkanes of at least 4 members (excludes halogenated alkanes) is 1. The number of carboxylic acid groups (broad SMARTS) is 1. The molecule has 1 aromatic carbocycles. The lowest BCUT2D eigenvalue weighted by atomic mass is 9.94. The van der Waals surface area contributed by atoms with Crippen LogP contribution in [0.4, 0.5) is 0 Å². The number of benzene rings is 1. The summed E-state index contributed by atoms with van der Waals surface area (Å²) in [4.78, 5) is 95.4. The SMILES string of the molecule is NC[C@H]1OC(C(=O)NCCCC[C@@H]2NC(=O)[C@@H](Cc3ccccc3)NC(=O)[C@H](CC(=O)O)NC(=O)CNC(=O)[C@H](CCCN=C(N)N)NC2=O)[C@@H](O)C(O)C1O. The molecule has 3 rings (SSSR count). The average molecular weight is 793 g/mol. The number of ether oxygens (including phenoxy) is 1. The van der Waals surface area contributed by atoms with Crippen LogP contribution in [0, 0.1) is 0 Å². The van der Waals surface area contributed by atoms with Crippen LogP contribution in [0.5, 0.6) is 0 Å². The number of amides is 6. The normalized spacial score (nSPS) is 27.9. The van der Waals surface area contributed by atoms with Crippen molar-refractivity contribution >= 4 is 47.4 Å². The number of aliphatic imine (C=N–C) groups is 1. The third-order valence-corrected chi connectivity index (χ3v) is 9.00. The molecule has 9 atom stereocenters. The summed E-state index contributed by atoms with van der Waals surface area (Å²) >= 11 is 0. The Labute approximate surface area is 321 Å². The highest BCUT2D eigenvalue weighted by molar-refractivity contribution is 5.98. The summed E-state index contributed by atoms with van der Waals surface area (Å²) in [6.07, 6.45) is -7.92. The summed E-state index contributed by atoms with van der Waals surface area (Å²) in [5, 5.41) is 54.8. The summed E-state index contributed by atoms with van der Waals surface area (Å²) < 4.78 is 5.39. The van der Waals surface area contributed by atoms with Gasteiger partial charge in [0, 0.05) is 26.1 Å². The molecule has 0 spiro atoms. The molecule has 6 amide bonds. The van der Waals surface area contributed by atoms with Crippen molar-refractivity contribution in [3.63, 3.8) is 0 Å². The molecule has 310 valence electrons. The summed E-state index contributed by atoms with van der Waals surface area (Å²) in [6.45, 7) is -0.822. The lowest BCUT2D eigenvalue weighted by Crippen LogP contribution is -2.62. The molecule has 22 heteroatoms. The second-order valence-corrected chi connectivity index (χ2v) is 13.3. The monoisotopic (exact) mass is 792 g/mol. The predicted molar refractivity (Wildman–Crippen MR) is 196 cm³/mol. The van der Waals surface area contributed by atoms with Crippen LogP contribution in [-0.4, -0.2) is 149 Å². The van der Waals surface area contributed by atoms with E-state index in [4.69, 9.17) is 21.9 Å². The number of carboxylic acids is 1. The van der Waals surface area contributed by atoms with E-state index in [-0.39, 0.29) is 64.1 Å². The van der Waals surface area contributed by atoms with Crippen molar-refractivity contribution in [1.82, 2.24) is 31.9 Å². The van der Waals surface area contributed by atoms with Crippen molar-refractivity contribution in [2.24, 2.45) is 22.2 Å². The number of aliphatic hydroxyl groups excluding tert-OH is 3. The molecular weight excluding hydrogens is 740 g/mol. The highest BCUT2D eigenvalue weighted by Crippen LogP contribution is 2.21. The zero-order chi connectivity index (χ0) is 41.4. The molecule has 22 nitrogen and oxygen atoms in total. The Bertz CT molecular complexity index is 1560. The van der Waals surface area contributed by atoms with Crippen LogP contribution >= 0.6 is 0 Å². The fourth-order valence-corrected chi connectivity index (χ4v) is 5.98. The van der Waals surface area contributed by atoms with Crippen LogP contribution < -0.4 is 49.1 Å². The molecule has 2 fully saturated rings. The zero-order valence-corrected chi connectivity index (χ0v) is 30.6.